The van der Waals surface area contributed by atoms with Crippen LogP contribution >= 0.6 is 22.6 Å². The Morgan fingerprint density at radius 3 is 2.04 bits per heavy atom. The van der Waals surface area contributed by atoms with E-state index in [1.165, 1.54) is 0 Å². The summed E-state index contributed by atoms with van der Waals surface area (Å²) in [6, 6.07) is 6.87. The first-order chi connectivity index (χ1) is 12.5. The van der Waals surface area contributed by atoms with Crippen molar-refractivity contribution in [1.29, 1.82) is 0 Å². The van der Waals surface area contributed by atoms with Crippen LogP contribution in [-0.2, 0) is 20.7 Å². The molecular formula is C18H20IN3O5. The molecule has 0 saturated heterocycles. The van der Waals surface area contributed by atoms with Crippen LogP contribution in [0.4, 0.5) is 5.95 Å². The molecule has 0 atom stereocenters. The van der Waals surface area contributed by atoms with Gasteiger partial charge in [0.05, 0.1) is 6.61 Å². The molecule has 0 radical (unpaired) electrons. The number of aliphatic carboxylic acids is 2. The fraction of sp³-hybridized carbons (Fsp3) is 0.333. The van der Waals surface area contributed by atoms with E-state index in [4.69, 9.17) is 10.5 Å². The number of aromatic nitrogens is 2. The summed E-state index contributed by atoms with van der Waals surface area (Å²) in [6.45, 7) is 3.01. The molecule has 0 fully saturated rings. The lowest BCUT2D eigenvalue weighted by molar-refractivity contribution is -0.171. The number of carbonyl (C=O) groups is 2. The van der Waals surface area contributed by atoms with Crippen molar-refractivity contribution in [3.05, 3.63) is 42.2 Å². The summed E-state index contributed by atoms with van der Waals surface area (Å²) in [7, 11) is 0. The molecule has 0 amide bonds. The minimum absolute atomic E-state index is 0.168. The van der Waals surface area contributed by atoms with Gasteiger partial charge in [0.25, 0.3) is 0 Å². The van der Waals surface area contributed by atoms with E-state index in [9.17, 15) is 19.8 Å². The summed E-state index contributed by atoms with van der Waals surface area (Å²) in [5, 5.41) is 19.2. The number of hydrogen-bond acceptors (Lipinski definition) is 6. The zero-order valence-corrected chi connectivity index (χ0v) is 17.0. The number of nitrogens with two attached hydrogens (primary N) is 1. The Balaban J connectivity index is 2.27. The van der Waals surface area contributed by atoms with Gasteiger partial charge in [-0.15, -0.1) is 0 Å². The van der Waals surface area contributed by atoms with Crippen LogP contribution in [0.15, 0.2) is 36.7 Å². The van der Waals surface area contributed by atoms with Gasteiger partial charge in [-0.25, -0.2) is 9.97 Å². The van der Waals surface area contributed by atoms with E-state index in [0.717, 1.165) is 11.1 Å². The van der Waals surface area contributed by atoms with E-state index >= 15 is 0 Å². The number of halogens is 1. The smallest absolute Gasteiger partial charge is 0.323 e. The molecule has 2 rings (SSSR count). The first-order valence-electron chi connectivity index (χ1n) is 8.00. The fourth-order valence-electron chi connectivity index (χ4n) is 2.36. The zero-order valence-electron chi connectivity index (χ0n) is 14.8. The lowest BCUT2D eigenvalue weighted by Gasteiger charge is -2.28. The van der Waals surface area contributed by atoms with Gasteiger partial charge < -0.3 is 20.7 Å². The summed E-state index contributed by atoms with van der Waals surface area (Å²) < 4.78 is 4.80. The highest BCUT2D eigenvalue weighted by Gasteiger charge is 2.48. The van der Waals surface area contributed by atoms with Crippen molar-refractivity contribution in [2.24, 2.45) is 5.41 Å². The van der Waals surface area contributed by atoms with Crippen molar-refractivity contribution in [2.45, 2.75) is 23.9 Å². The van der Waals surface area contributed by atoms with Gasteiger partial charge in [-0.2, -0.15) is 0 Å². The van der Waals surface area contributed by atoms with Gasteiger partial charge >= 0.3 is 11.9 Å². The SMILES string of the molecule is CC(C)(I)OCC(Cc1ccc(-c2cnc(N)nc2)cc1)(C(=O)O)C(=O)O. The van der Waals surface area contributed by atoms with Crippen LogP contribution in [0.5, 0.6) is 0 Å². The summed E-state index contributed by atoms with van der Waals surface area (Å²) in [5.41, 5.74) is 5.51. The summed E-state index contributed by atoms with van der Waals surface area (Å²) in [4.78, 5) is 31.5. The molecule has 1 heterocycles. The lowest BCUT2D eigenvalue weighted by atomic mass is 9.82. The van der Waals surface area contributed by atoms with Crippen LogP contribution in [0.25, 0.3) is 11.1 Å². The first kappa shape index (κ1) is 21.0. The Morgan fingerprint density at radius 1 is 1.07 bits per heavy atom. The van der Waals surface area contributed by atoms with E-state index in [1.54, 1.807) is 50.5 Å². The molecule has 0 aliphatic rings. The van der Waals surface area contributed by atoms with Crippen molar-refractivity contribution in [3.8, 4) is 11.1 Å². The van der Waals surface area contributed by atoms with Gasteiger partial charge in [-0.05, 0) is 47.6 Å². The highest BCUT2D eigenvalue weighted by atomic mass is 127. The minimum Gasteiger partial charge on any atom is -0.480 e. The monoisotopic (exact) mass is 485 g/mol. The minimum atomic E-state index is -2.08. The van der Waals surface area contributed by atoms with Crippen molar-refractivity contribution in [2.75, 3.05) is 12.3 Å². The Hall–Kier alpha value is -2.27. The van der Waals surface area contributed by atoms with E-state index in [1.807, 2.05) is 22.6 Å². The molecule has 8 nitrogen and oxygen atoms in total. The van der Waals surface area contributed by atoms with Crippen LogP contribution in [0.1, 0.15) is 19.4 Å². The van der Waals surface area contributed by atoms with E-state index in [2.05, 4.69) is 9.97 Å². The molecule has 0 bridgehead atoms. The van der Waals surface area contributed by atoms with Gasteiger partial charge in [0, 0.05) is 24.4 Å². The normalized spacial score (nSPS) is 12.0. The molecule has 0 aliphatic heterocycles. The molecule has 1 aromatic heterocycles. The van der Waals surface area contributed by atoms with Crippen molar-refractivity contribution in [3.63, 3.8) is 0 Å². The number of ether oxygens (including phenoxy) is 1. The summed E-state index contributed by atoms with van der Waals surface area (Å²) in [6.07, 6.45) is 2.95. The predicted molar refractivity (Wildman–Crippen MR) is 107 cm³/mol. The standard InChI is InChI=1S/C18H20IN3O5/c1-17(2,19)27-10-18(14(23)24,15(25)26)7-11-3-5-12(6-4-11)13-8-21-16(20)22-9-13/h3-6,8-9H,7,10H2,1-2H3,(H,23,24)(H,25,26)(H2,20,21,22). The number of carboxylic acid groups (broad SMARTS) is 2. The molecule has 0 spiro atoms. The average molecular weight is 485 g/mol. The number of anilines is 1. The Bertz CT molecular complexity index is 802. The Morgan fingerprint density at radius 2 is 1.59 bits per heavy atom. The van der Waals surface area contributed by atoms with Gasteiger partial charge in [0.2, 0.25) is 5.95 Å². The average Bonchev–Trinajstić information content (AvgIpc) is 2.58. The fourth-order valence-corrected chi connectivity index (χ4v) is 2.52. The molecule has 0 aliphatic carbocycles. The third kappa shape index (κ3) is 5.36. The largest absolute Gasteiger partial charge is 0.480 e. The molecule has 27 heavy (non-hydrogen) atoms. The molecule has 0 saturated carbocycles. The number of rotatable bonds is 8. The van der Waals surface area contributed by atoms with Crippen molar-refractivity contribution in [1.82, 2.24) is 9.97 Å². The molecule has 2 aromatic rings. The maximum absolute atomic E-state index is 11.8. The van der Waals surface area contributed by atoms with Crippen LogP contribution in [-0.4, -0.2) is 42.3 Å². The maximum atomic E-state index is 11.8. The highest BCUT2D eigenvalue weighted by molar-refractivity contribution is 14.1. The van der Waals surface area contributed by atoms with Gasteiger partial charge in [-0.3, -0.25) is 9.59 Å². The number of benzene rings is 1. The molecule has 144 valence electrons. The van der Waals surface area contributed by atoms with Gasteiger partial charge in [0.15, 0.2) is 5.41 Å². The number of carboxylic acids is 2. The quantitative estimate of drug-likeness (QED) is 0.295. The maximum Gasteiger partial charge on any atom is 0.323 e. The van der Waals surface area contributed by atoms with Crippen molar-refractivity contribution >= 4 is 40.5 Å². The molecule has 9 heteroatoms. The zero-order chi connectivity index (χ0) is 20.2. The van der Waals surface area contributed by atoms with Gasteiger partial charge in [-0.1, -0.05) is 24.3 Å². The molecule has 4 N–H and O–H groups in total. The number of alkyl halides is 1. The number of nitrogens with zero attached hydrogens (tertiary/aromatic N) is 2. The highest BCUT2D eigenvalue weighted by Crippen LogP contribution is 2.30. The van der Waals surface area contributed by atoms with Crippen LogP contribution in [0, 0.1) is 5.41 Å². The third-order valence-corrected chi connectivity index (χ3v) is 4.26. The second-order valence-corrected chi connectivity index (χ2v) is 9.15. The topological polar surface area (TPSA) is 136 Å². The predicted octanol–water partition coefficient (Wildman–Crippen LogP) is 2.61. The van der Waals surface area contributed by atoms with E-state index < -0.39 is 27.6 Å². The first-order valence-corrected chi connectivity index (χ1v) is 9.08. The number of nitrogen functional groups attached to an aromatic ring is 1. The van der Waals surface area contributed by atoms with Crippen LogP contribution in [0.2, 0.25) is 0 Å². The summed E-state index contributed by atoms with van der Waals surface area (Å²) >= 11 is 1.98. The van der Waals surface area contributed by atoms with Crippen LogP contribution in [0.3, 0.4) is 0 Å². The molecule has 1 aromatic carbocycles. The second kappa shape index (κ2) is 8.17. The van der Waals surface area contributed by atoms with Gasteiger partial charge in [0.1, 0.15) is 3.61 Å². The summed E-state index contributed by atoms with van der Waals surface area (Å²) in [5.74, 6) is -2.71. The van der Waals surface area contributed by atoms with Crippen LogP contribution < -0.4 is 5.73 Å². The molecule has 0 unspecified atom stereocenters. The van der Waals surface area contributed by atoms with E-state index in [0.29, 0.717) is 5.56 Å². The number of hydrogen-bond donors (Lipinski definition) is 3. The van der Waals surface area contributed by atoms with E-state index in [-0.39, 0.29) is 12.4 Å². The van der Waals surface area contributed by atoms with Crippen molar-refractivity contribution < 1.29 is 24.5 Å². The Labute approximate surface area is 169 Å². The molecular weight excluding hydrogens is 465 g/mol. The Kier molecular flexibility index (Phi) is 6.37. The lowest BCUT2D eigenvalue weighted by Crippen LogP contribution is -2.46. The third-order valence-electron chi connectivity index (χ3n) is 3.95. The second-order valence-electron chi connectivity index (χ2n) is 6.55.